The van der Waals surface area contributed by atoms with E-state index in [4.69, 9.17) is 0 Å². The molecule has 1 aliphatic carbocycles. The molecule has 0 saturated heterocycles. The van der Waals surface area contributed by atoms with Crippen LogP contribution in [0.1, 0.15) is 22.6 Å². The van der Waals surface area contributed by atoms with E-state index in [1.54, 1.807) is 0 Å². The third-order valence-corrected chi connectivity index (χ3v) is 5.27. The van der Waals surface area contributed by atoms with E-state index in [2.05, 4.69) is 24.3 Å². The average Bonchev–Trinajstić information content (AvgIpc) is 3.02. The summed E-state index contributed by atoms with van der Waals surface area (Å²) < 4.78 is 0. The normalized spacial score (nSPS) is 22.6. The maximum absolute atomic E-state index is 11.1. The molecule has 1 aliphatic rings. The summed E-state index contributed by atoms with van der Waals surface area (Å²) >= 11 is 0. The van der Waals surface area contributed by atoms with Crippen molar-refractivity contribution in [3.63, 3.8) is 0 Å². The Kier molecular flexibility index (Phi) is 4.70. The van der Waals surface area contributed by atoms with Gasteiger partial charge in [0.2, 0.25) is 0 Å². The van der Waals surface area contributed by atoms with Gasteiger partial charge in [-0.1, -0.05) is 91.0 Å². The molecule has 2 N–H and O–H groups in total. The smallest absolute Gasteiger partial charge is 0.0858 e. The standard InChI is InChI=1S/C24H22O2/c25-16-20-21(17-10-4-1-5-11-17)22(18-12-6-2-7-13-18)23(24(20)26)19-14-8-3-9-15-19/h1-15,20-21,24-26H,16H2/t20-,21-,24+/m0/s1. The van der Waals surface area contributed by atoms with Gasteiger partial charge in [0.05, 0.1) is 6.10 Å². The number of hydrogen-bond acceptors (Lipinski definition) is 2. The highest BCUT2D eigenvalue weighted by atomic mass is 16.3. The summed E-state index contributed by atoms with van der Waals surface area (Å²) in [4.78, 5) is 0. The summed E-state index contributed by atoms with van der Waals surface area (Å²) in [6.07, 6.45) is -0.706. The van der Waals surface area contributed by atoms with Crippen LogP contribution in [-0.4, -0.2) is 22.9 Å². The van der Waals surface area contributed by atoms with Crippen molar-refractivity contribution in [2.45, 2.75) is 12.0 Å². The minimum absolute atomic E-state index is 0.0474. The van der Waals surface area contributed by atoms with Crippen LogP contribution in [0.25, 0.3) is 11.1 Å². The predicted octanol–water partition coefficient (Wildman–Crippen LogP) is 4.36. The van der Waals surface area contributed by atoms with Crippen LogP contribution in [0.15, 0.2) is 91.0 Å². The number of rotatable bonds is 4. The zero-order valence-corrected chi connectivity index (χ0v) is 14.5. The summed E-state index contributed by atoms with van der Waals surface area (Å²) in [5.41, 5.74) is 5.25. The lowest BCUT2D eigenvalue weighted by Crippen LogP contribution is -2.24. The monoisotopic (exact) mass is 342 g/mol. The van der Waals surface area contributed by atoms with Crippen molar-refractivity contribution in [1.29, 1.82) is 0 Å². The molecule has 130 valence electrons. The molecular formula is C24H22O2. The molecule has 2 nitrogen and oxygen atoms in total. The van der Waals surface area contributed by atoms with Crippen molar-refractivity contribution >= 4 is 11.1 Å². The average molecular weight is 342 g/mol. The first-order chi connectivity index (χ1) is 12.8. The Hall–Kier alpha value is -2.68. The Morgan fingerprint density at radius 2 is 1.08 bits per heavy atom. The lowest BCUT2D eigenvalue weighted by atomic mass is 9.82. The van der Waals surface area contributed by atoms with Crippen molar-refractivity contribution in [2.24, 2.45) is 5.92 Å². The zero-order valence-electron chi connectivity index (χ0n) is 14.5. The molecule has 0 radical (unpaired) electrons. The summed E-state index contributed by atoms with van der Waals surface area (Å²) in [5.74, 6) is -0.309. The summed E-state index contributed by atoms with van der Waals surface area (Å²) in [6, 6.07) is 30.4. The van der Waals surface area contributed by atoms with Crippen LogP contribution in [0.3, 0.4) is 0 Å². The maximum atomic E-state index is 11.1. The van der Waals surface area contributed by atoms with E-state index in [9.17, 15) is 10.2 Å². The van der Waals surface area contributed by atoms with Crippen LogP contribution in [0, 0.1) is 5.92 Å². The van der Waals surface area contributed by atoms with E-state index >= 15 is 0 Å². The Labute approximate surface area is 154 Å². The summed E-state index contributed by atoms with van der Waals surface area (Å²) in [5, 5.41) is 21.3. The van der Waals surface area contributed by atoms with Crippen LogP contribution in [0.5, 0.6) is 0 Å². The highest BCUT2D eigenvalue weighted by Crippen LogP contribution is 2.52. The first-order valence-electron chi connectivity index (χ1n) is 9.00. The topological polar surface area (TPSA) is 40.5 Å². The van der Waals surface area contributed by atoms with Gasteiger partial charge in [-0.15, -0.1) is 0 Å². The Morgan fingerprint density at radius 3 is 1.58 bits per heavy atom. The van der Waals surface area contributed by atoms with Gasteiger partial charge in [-0.25, -0.2) is 0 Å². The molecular weight excluding hydrogens is 320 g/mol. The van der Waals surface area contributed by atoms with E-state index in [0.717, 1.165) is 27.8 Å². The fraction of sp³-hybridized carbons (Fsp3) is 0.167. The number of aliphatic hydroxyl groups is 2. The Bertz CT molecular complexity index is 885. The minimum Gasteiger partial charge on any atom is -0.396 e. The molecule has 0 aromatic heterocycles. The lowest BCUT2D eigenvalue weighted by Gasteiger charge is -2.23. The van der Waals surface area contributed by atoms with E-state index in [1.165, 1.54) is 0 Å². The first-order valence-corrected chi connectivity index (χ1v) is 9.00. The summed E-state index contributed by atoms with van der Waals surface area (Å²) in [7, 11) is 0. The molecule has 0 bridgehead atoms. The van der Waals surface area contributed by atoms with Crippen molar-refractivity contribution in [3.8, 4) is 0 Å². The number of allylic oxidation sites excluding steroid dienone is 1. The fourth-order valence-electron chi connectivity index (χ4n) is 4.11. The molecule has 3 atom stereocenters. The third-order valence-electron chi connectivity index (χ3n) is 5.27. The molecule has 0 unspecified atom stereocenters. The fourth-order valence-corrected chi connectivity index (χ4v) is 4.11. The second-order valence-corrected chi connectivity index (χ2v) is 6.74. The van der Waals surface area contributed by atoms with Crippen LogP contribution in [0.2, 0.25) is 0 Å². The lowest BCUT2D eigenvalue weighted by molar-refractivity contribution is 0.109. The molecule has 0 fully saturated rings. The molecule has 26 heavy (non-hydrogen) atoms. The minimum atomic E-state index is -0.706. The zero-order chi connectivity index (χ0) is 17.9. The van der Waals surface area contributed by atoms with Gasteiger partial charge < -0.3 is 10.2 Å². The molecule has 3 aromatic rings. The van der Waals surface area contributed by atoms with Crippen molar-refractivity contribution in [2.75, 3.05) is 6.61 Å². The second-order valence-electron chi connectivity index (χ2n) is 6.74. The SMILES string of the molecule is OC[C@@H]1[C@@H](O)C(c2ccccc2)=C(c2ccccc2)[C@H]1c1ccccc1. The largest absolute Gasteiger partial charge is 0.396 e. The van der Waals surface area contributed by atoms with Gasteiger partial charge in [0.1, 0.15) is 0 Å². The van der Waals surface area contributed by atoms with E-state index in [1.807, 2.05) is 66.7 Å². The van der Waals surface area contributed by atoms with E-state index in [0.29, 0.717) is 0 Å². The van der Waals surface area contributed by atoms with Crippen molar-refractivity contribution in [1.82, 2.24) is 0 Å². The van der Waals surface area contributed by atoms with Crippen LogP contribution in [0.4, 0.5) is 0 Å². The first kappa shape index (κ1) is 16.8. The van der Waals surface area contributed by atoms with Gasteiger partial charge in [0.25, 0.3) is 0 Å². The van der Waals surface area contributed by atoms with Gasteiger partial charge in [-0.2, -0.15) is 0 Å². The van der Waals surface area contributed by atoms with Crippen LogP contribution in [-0.2, 0) is 0 Å². The summed E-state index contributed by atoms with van der Waals surface area (Å²) in [6.45, 7) is -0.0621. The van der Waals surface area contributed by atoms with E-state index in [-0.39, 0.29) is 18.4 Å². The number of benzene rings is 3. The van der Waals surface area contributed by atoms with E-state index < -0.39 is 6.10 Å². The van der Waals surface area contributed by atoms with Gasteiger partial charge in [0, 0.05) is 18.4 Å². The van der Waals surface area contributed by atoms with Crippen molar-refractivity contribution in [3.05, 3.63) is 108 Å². The van der Waals surface area contributed by atoms with Gasteiger partial charge >= 0.3 is 0 Å². The second kappa shape index (κ2) is 7.28. The molecule has 0 saturated carbocycles. The highest BCUT2D eigenvalue weighted by Gasteiger charge is 2.43. The molecule has 0 aliphatic heterocycles. The quantitative estimate of drug-likeness (QED) is 0.739. The molecule has 3 aromatic carbocycles. The Morgan fingerprint density at radius 1 is 0.615 bits per heavy atom. The molecule has 0 amide bonds. The molecule has 2 heteroatoms. The molecule has 0 heterocycles. The number of hydrogen-bond donors (Lipinski definition) is 2. The van der Waals surface area contributed by atoms with Gasteiger partial charge in [0.15, 0.2) is 0 Å². The van der Waals surface area contributed by atoms with Crippen molar-refractivity contribution < 1.29 is 10.2 Å². The molecule has 0 spiro atoms. The number of aliphatic hydroxyl groups excluding tert-OH is 2. The third kappa shape index (κ3) is 2.88. The highest BCUT2D eigenvalue weighted by molar-refractivity contribution is 5.98. The van der Waals surface area contributed by atoms with Gasteiger partial charge in [-0.05, 0) is 27.8 Å². The van der Waals surface area contributed by atoms with Crippen LogP contribution >= 0.6 is 0 Å². The maximum Gasteiger partial charge on any atom is 0.0858 e. The van der Waals surface area contributed by atoms with Crippen LogP contribution < -0.4 is 0 Å². The molecule has 4 rings (SSSR count). The van der Waals surface area contributed by atoms with Gasteiger partial charge in [-0.3, -0.25) is 0 Å². The Balaban J connectivity index is 1.98. The predicted molar refractivity (Wildman–Crippen MR) is 105 cm³/mol.